The molecule has 0 fully saturated rings. The van der Waals surface area contributed by atoms with E-state index in [4.69, 9.17) is 4.98 Å². The number of anilines is 1. The predicted molar refractivity (Wildman–Crippen MR) is 128 cm³/mol. The van der Waals surface area contributed by atoms with Crippen molar-refractivity contribution in [3.05, 3.63) is 88.7 Å². The molecule has 0 unspecified atom stereocenters. The van der Waals surface area contributed by atoms with E-state index in [9.17, 15) is 4.79 Å². The van der Waals surface area contributed by atoms with Gasteiger partial charge in [-0.25, -0.2) is 4.98 Å². The molecule has 4 aromatic rings. The van der Waals surface area contributed by atoms with Gasteiger partial charge in [0, 0.05) is 17.4 Å². The molecule has 4 nitrogen and oxygen atoms in total. The smallest absolute Gasteiger partial charge is 0.230 e. The van der Waals surface area contributed by atoms with Crippen LogP contribution in [0, 0.1) is 20.8 Å². The number of hydrogen-bond donors (Lipinski definition) is 1. The maximum atomic E-state index is 13.0. The first-order chi connectivity index (χ1) is 14.8. The van der Waals surface area contributed by atoms with Crippen molar-refractivity contribution in [3.8, 4) is 11.3 Å². The number of aryl methyl sites for hydroxylation is 3. The lowest BCUT2D eigenvalue weighted by atomic mass is 10.0. The Hall–Kier alpha value is -3.40. The largest absolute Gasteiger partial charge is 0.326 e. The third-order valence-corrected chi connectivity index (χ3v) is 5.85. The van der Waals surface area contributed by atoms with E-state index < -0.39 is 0 Å². The SMILES string of the molecule is Cc1ccn2c(CC(=O)Nc3ccc(C(C)C)cc3)c(-c3ccc(C)c(C)c3)nc2c1. The highest BCUT2D eigenvalue weighted by molar-refractivity contribution is 5.93. The van der Waals surface area contributed by atoms with Crippen molar-refractivity contribution in [2.75, 3.05) is 5.32 Å². The summed E-state index contributed by atoms with van der Waals surface area (Å²) in [7, 11) is 0. The van der Waals surface area contributed by atoms with Gasteiger partial charge in [-0.05, 0) is 79.3 Å². The molecule has 4 rings (SSSR count). The van der Waals surface area contributed by atoms with Crippen molar-refractivity contribution in [3.63, 3.8) is 0 Å². The third-order valence-electron chi connectivity index (χ3n) is 5.85. The lowest BCUT2D eigenvalue weighted by Gasteiger charge is -2.10. The van der Waals surface area contributed by atoms with E-state index in [0.29, 0.717) is 5.92 Å². The summed E-state index contributed by atoms with van der Waals surface area (Å²) in [4.78, 5) is 17.9. The molecular formula is C27H29N3O. The minimum absolute atomic E-state index is 0.0512. The number of aromatic nitrogens is 2. The van der Waals surface area contributed by atoms with Crippen LogP contribution in [0.4, 0.5) is 5.69 Å². The molecule has 31 heavy (non-hydrogen) atoms. The number of carbonyl (C=O) groups excluding carboxylic acids is 1. The van der Waals surface area contributed by atoms with Crippen molar-refractivity contribution in [2.45, 2.75) is 47.0 Å². The van der Waals surface area contributed by atoms with E-state index in [1.807, 2.05) is 28.8 Å². The zero-order chi connectivity index (χ0) is 22.1. The predicted octanol–water partition coefficient (Wildman–Crippen LogP) is 6.23. The highest BCUT2D eigenvalue weighted by Gasteiger charge is 2.18. The number of nitrogens with one attached hydrogen (secondary N) is 1. The number of fused-ring (bicyclic) bond motifs is 1. The second-order valence-electron chi connectivity index (χ2n) is 8.64. The lowest BCUT2D eigenvalue weighted by molar-refractivity contribution is -0.115. The van der Waals surface area contributed by atoms with Gasteiger partial charge in [-0.2, -0.15) is 0 Å². The summed E-state index contributed by atoms with van der Waals surface area (Å²) in [6.07, 6.45) is 2.25. The number of nitrogens with zero attached hydrogens (tertiary/aromatic N) is 2. The van der Waals surface area contributed by atoms with E-state index in [-0.39, 0.29) is 12.3 Å². The number of amides is 1. The lowest BCUT2D eigenvalue weighted by Crippen LogP contribution is -2.16. The fourth-order valence-corrected chi connectivity index (χ4v) is 3.79. The summed E-state index contributed by atoms with van der Waals surface area (Å²) in [6, 6.07) is 18.5. The Morgan fingerprint density at radius 2 is 1.71 bits per heavy atom. The van der Waals surface area contributed by atoms with Crippen LogP contribution in [0.15, 0.2) is 60.8 Å². The van der Waals surface area contributed by atoms with Crippen LogP contribution < -0.4 is 5.32 Å². The first kappa shape index (κ1) is 20.9. The molecule has 2 aromatic carbocycles. The Kier molecular flexibility index (Phi) is 5.64. The highest BCUT2D eigenvalue weighted by Crippen LogP contribution is 2.27. The molecule has 2 heterocycles. The average Bonchev–Trinajstić information content (AvgIpc) is 3.07. The Morgan fingerprint density at radius 3 is 2.39 bits per heavy atom. The van der Waals surface area contributed by atoms with Crippen molar-refractivity contribution in [1.29, 1.82) is 0 Å². The zero-order valence-electron chi connectivity index (χ0n) is 18.9. The maximum Gasteiger partial charge on any atom is 0.230 e. The highest BCUT2D eigenvalue weighted by atomic mass is 16.1. The van der Waals surface area contributed by atoms with E-state index in [2.05, 4.69) is 76.3 Å². The van der Waals surface area contributed by atoms with Gasteiger partial charge in [-0.15, -0.1) is 0 Å². The van der Waals surface area contributed by atoms with Gasteiger partial charge in [0.2, 0.25) is 5.91 Å². The minimum Gasteiger partial charge on any atom is -0.326 e. The van der Waals surface area contributed by atoms with Crippen LogP contribution in [0.1, 0.15) is 47.7 Å². The van der Waals surface area contributed by atoms with Gasteiger partial charge in [0.05, 0.1) is 17.8 Å². The van der Waals surface area contributed by atoms with Crippen molar-refractivity contribution in [1.82, 2.24) is 9.38 Å². The van der Waals surface area contributed by atoms with Crippen LogP contribution in [0.25, 0.3) is 16.9 Å². The summed E-state index contributed by atoms with van der Waals surface area (Å²) >= 11 is 0. The van der Waals surface area contributed by atoms with Gasteiger partial charge in [0.1, 0.15) is 5.65 Å². The molecule has 0 aliphatic carbocycles. The van der Waals surface area contributed by atoms with Crippen LogP contribution in [0.3, 0.4) is 0 Å². The summed E-state index contributed by atoms with van der Waals surface area (Å²) in [6.45, 7) is 10.6. The van der Waals surface area contributed by atoms with Crippen molar-refractivity contribution in [2.24, 2.45) is 0 Å². The third kappa shape index (κ3) is 4.38. The van der Waals surface area contributed by atoms with Gasteiger partial charge in [-0.3, -0.25) is 4.79 Å². The molecule has 0 bridgehead atoms. The molecule has 158 valence electrons. The zero-order valence-corrected chi connectivity index (χ0v) is 18.9. The number of hydrogen-bond acceptors (Lipinski definition) is 2. The number of pyridine rings is 1. The second kappa shape index (κ2) is 8.38. The Labute approximate surface area is 184 Å². The number of benzene rings is 2. The van der Waals surface area contributed by atoms with Gasteiger partial charge in [0.25, 0.3) is 0 Å². The normalized spacial score (nSPS) is 11.3. The van der Waals surface area contributed by atoms with Crippen LogP contribution in [-0.4, -0.2) is 15.3 Å². The molecule has 0 atom stereocenters. The Balaban J connectivity index is 1.68. The van der Waals surface area contributed by atoms with E-state index in [1.165, 1.54) is 16.7 Å². The quantitative estimate of drug-likeness (QED) is 0.423. The molecule has 0 aliphatic rings. The van der Waals surface area contributed by atoms with Gasteiger partial charge >= 0.3 is 0 Å². The molecule has 0 aliphatic heterocycles. The molecule has 1 N–H and O–H groups in total. The number of rotatable bonds is 5. The minimum atomic E-state index is -0.0512. The van der Waals surface area contributed by atoms with Crippen LogP contribution in [0.2, 0.25) is 0 Å². The summed E-state index contributed by atoms with van der Waals surface area (Å²) in [5.41, 5.74) is 9.32. The van der Waals surface area contributed by atoms with Crippen molar-refractivity contribution < 1.29 is 4.79 Å². The first-order valence-corrected chi connectivity index (χ1v) is 10.8. The topological polar surface area (TPSA) is 46.4 Å². The molecule has 0 spiro atoms. The number of imidazole rings is 1. The van der Waals surface area contributed by atoms with Crippen LogP contribution >= 0.6 is 0 Å². The summed E-state index contributed by atoms with van der Waals surface area (Å²) in [5, 5.41) is 3.04. The molecule has 1 amide bonds. The van der Waals surface area contributed by atoms with E-state index >= 15 is 0 Å². The molecule has 0 saturated carbocycles. The molecule has 0 radical (unpaired) electrons. The Morgan fingerprint density at radius 1 is 0.968 bits per heavy atom. The summed E-state index contributed by atoms with van der Waals surface area (Å²) in [5.74, 6) is 0.414. The van der Waals surface area contributed by atoms with Crippen LogP contribution in [0.5, 0.6) is 0 Å². The second-order valence-corrected chi connectivity index (χ2v) is 8.64. The van der Waals surface area contributed by atoms with Crippen LogP contribution in [-0.2, 0) is 11.2 Å². The molecular weight excluding hydrogens is 382 g/mol. The first-order valence-electron chi connectivity index (χ1n) is 10.8. The fourth-order valence-electron chi connectivity index (χ4n) is 3.79. The summed E-state index contributed by atoms with van der Waals surface area (Å²) < 4.78 is 2.03. The van der Waals surface area contributed by atoms with Gasteiger partial charge in [0.15, 0.2) is 0 Å². The van der Waals surface area contributed by atoms with E-state index in [1.54, 1.807) is 0 Å². The molecule has 0 saturated heterocycles. The monoisotopic (exact) mass is 411 g/mol. The Bertz CT molecular complexity index is 1250. The fraction of sp³-hybridized carbons (Fsp3) is 0.259. The van der Waals surface area contributed by atoms with Crippen molar-refractivity contribution >= 4 is 17.2 Å². The molecule has 4 heteroatoms. The maximum absolute atomic E-state index is 13.0. The average molecular weight is 412 g/mol. The molecule has 2 aromatic heterocycles. The standard InChI is InChI=1S/C27H29N3O/c1-17(2)21-8-10-23(11-9-21)28-26(31)16-24-27(22-7-6-19(4)20(5)15-22)29-25-14-18(3)12-13-30(24)25/h6-15,17H,16H2,1-5H3,(H,28,31). The van der Waals surface area contributed by atoms with E-state index in [0.717, 1.165) is 33.8 Å². The van der Waals surface area contributed by atoms with Gasteiger partial charge < -0.3 is 9.72 Å². The number of carbonyl (C=O) groups is 1. The van der Waals surface area contributed by atoms with Gasteiger partial charge in [-0.1, -0.05) is 38.1 Å².